The van der Waals surface area contributed by atoms with E-state index in [0.29, 0.717) is 28.8 Å². The number of carbonyl (C=O) groups excluding carboxylic acids is 2. The largest absolute Gasteiger partial charge is 0.497 e. The fraction of sp³-hybridized carbons (Fsp3) is 0.462. The zero-order valence-corrected chi connectivity index (χ0v) is 22.0. The fourth-order valence-corrected chi connectivity index (χ4v) is 5.40. The number of nitrogens with zero attached hydrogens (tertiary/aromatic N) is 1. The zero-order chi connectivity index (χ0) is 24.5. The van der Waals surface area contributed by atoms with Crippen LogP contribution in [0.4, 0.5) is 0 Å². The number of hydrogen-bond donors (Lipinski definition) is 1. The molecule has 1 fully saturated rings. The average molecular weight is 524 g/mol. The maximum Gasteiger partial charge on any atom is 0.243 e. The molecule has 0 saturated heterocycles. The Labute approximate surface area is 216 Å². The van der Waals surface area contributed by atoms with Crippen molar-refractivity contribution in [2.45, 2.75) is 63.4 Å². The molecule has 8 heteroatoms. The van der Waals surface area contributed by atoms with Crippen LogP contribution in [-0.2, 0) is 21.9 Å². The van der Waals surface area contributed by atoms with E-state index in [1.807, 2.05) is 43.3 Å². The molecule has 2 amide bonds. The Balaban J connectivity index is 1.72. The second-order valence-corrected chi connectivity index (χ2v) is 10.3. The van der Waals surface area contributed by atoms with E-state index in [9.17, 15) is 9.59 Å². The molecule has 0 aliphatic heterocycles. The quantitative estimate of drug-likeness (QED) is 0.387. The Morgan fingerprint density at radius 1 is 1.12 bits per heavy atom. The van der Waals surface area contributed by atoms with Crippen molar-refractivity contribution >= 4 is 46.8 Å². The number of benzene rings is 2. The van der Waals surface area contributed by atoms with Gasteiger partial charge in [-0.2, -0.15) is 0 Å². The highest BCUT2D eigenvalue weighted by Crippen LogP contribution is 2.25. The van der Waals surface area contributed by atoms with Gasteiger partial charge in [-0.15, -0.1) is 11.8 Å². The first-order valence-electron chi connectivity index (χ1n) is 11.7. The van der Waals surface area contributed by atoms with Gasteiger partial charge in [-0.05, 0) is 54.7 Å². The van der Waals surface area contributed by atoms with Crippen molar-refractivity contribution in [3.63, 3.8) is 0 Å². The predicted molar refractivity (Wildman–Crippen MR) is 141 cm³/mol. The predicted octanol–water partition coefficient (Wildman–Crippen LogP) is 6.10. The van der Waals surface area contributed by atoms with Gasteiger partial charge in [0.15, 0.2) is 0 Å². The second-order valence-electron chi connectivity index (χ2n) is 8.53. The van der Waals surface area contributed by atoms with Crippen LogP contribution < -0.4 is 10.1 Å². The van der Waals surface area contributed by atoms with Crippen molar-refractivity contribution in [2.75, 3.05) is 12.9 Å². The molecule has 5 nitrogen and oxygen atoms in total. The van der Waals surface area contributed by atoms with E-state index in [4.69, 9.17) is 27.9 Å². The molecule has 1 atom stereocenters. The van der Waals surface area contributed by atoms with Crippen LogP contribution in [0.15, 0.2) is 42.5 Å². The van der Waals surface area contributed by atoms with Crippen LogP contribution >= 0.6 is 35.0 Å². The lowest BCUT2D eigenvalue weighted by atomic mass is 10.1. The van der Waals surface area contributed by atoms with E-state index in [2.05, 4.69) is 5.32 Å². The van der Waals surface area contributed by atoms with Gasteiger partial charge in [0.2, 0.25) is 11.8 Å². The first kappa shape index (κ1) is 26.7. The smallest absolute Gasteiger partial charge is 0.243 e. The number of hydrogen-bond acceptors (Lipinski definition) is 4. The van der Waals surface area contributed by atoms with Crippen LogP contribution in [0.25, 0.3) is 0 Å². The number of thioether (sulfide) groups is 1. The minimum absolute atomic E-state index is 0.0682. The molecule has 0 heterocycles. The number of nitrogens with one attached hydrogen (secondary N) is 1. The number of methoxy groups -OCH3 is 1. The zero-order valence-electron chi connectivity index (χ0n) is 19.7. The monoisotopic (exact) mass is 522 g/mol. The normalized spacial score (nSPS) is 14.6. The van der Waals surface area contributed by atoms with Gasteiger partial charge in [-0.25, -0.2) is 0 Å². The molecule has 34 heavy (non-hydrogen) atoms. The van der Waals surface area contributed by atoms with Gasteiger partial charge < -0.3 is 15.0 Å². The summed E-state index contributed by atoms with van der Waals surface area (Å²) < 4.78 is 5.34. The molecular weight excluding hydrogens is 491 g/mol. The molecule has 1 aliphatic rings. The first-order valence-corrected chi connectivity index (χ1v) is 13.6. The van der Waals surface area contributed by atoms with Crippen LogP contribution in [0.2, 0.25) is 10.0 Å². The van der Waals surface area contributed by atoms with Gasteiger partial charge in [-0.3, -0.25) is 9.59 Å². The van der Waals surface area contributed by atoms with E-state index in [1.54, 1.807) is 18.1 Å². The van der Waals surface area contributed by atoms with Crippen molar-refractivity contribution in [1.82, 2.24) is 10.2 Å². The van der Waals surface area contributed by atoms with Gasteiger partial charge in [0.25, 0.3) is 0 Å². The van der Waals surface area contributed by atoms with Crippen LogP contribution in [0.5, 0.6) is 5.75 Å². The highest BCUT2D eigenvalue weighted by molar-refractivity contribution is 7.99. The molecule has 0 radical (unpaired) electrons. The lowest BCUT2D eigenvalue weighted by molar-refractivity contribution is -0.139. The van der Waals surface area contributed by atoms with Crippen molar-refractivity contribution in [2.24, 2.45) is 0 Å². The van der Waals surface area contributed by atoms with E-state index < -0.39 is 6.04 Å². The van der Waals surface area contributed by atoms with Crippen LogP contribution in [0, 0.1) is 0 Å². The summed E-state index contributed by atoms with van der Waals surface area (Å²) in [6, 6.07) is 12.8. The van der Waals surface area contributed by atoms with Gasteiger partial charge in [0.05, 0.1) is 22.9 Å². The third kappa shape index (κ3) is 7.56. The number of halogens is 2. The van der Waals surface area contributed by atoms with Gasteiger partial charge in [0, 0.05) is 18.3 Å². The summed E-state index contributed by atoms with van der Waals surface area (Å²) in [5, 5.41) is 4.19. The molecule has 2 aromatic rings. The number of ether oxygens (including phenoxy) is 1. The molecule has 0 spiro atoms. The first-order chi connectivity index (χ1) is 16.4. The number of rotatable bonds is 11. The summed E-state index contributed by atoms with van der Waals surface area (Å²) in [4.78, 5) is 28.3. The van der Waals surface area contributed by atoms with E-state index in [0.717, 1.165) is 42.6 Å². The molecule has 1 unspecified atom stereocenters. The Morgan fingerprint density at radius 3 is 2.56 bits per heavy atom. The highest BCUT2D eigenvalue weighted by atomic mass is 35.5. The van der Waals surface area contributed by atoms with E-state index >= 15 is 0 Å². The topological polar surface area (TPSA) is 58.6 Å². The Bertz CT molecular complexity index is 982. The summed E-state index contributed by atoms with van der Waals surface area (Å²) in [7, 11) is 1.62. The third-order valence-corrected chi connectivity index (χ3v) is 7.78. The second kappa shape index (κ2) is 13.3. The molecule has 2 aromatic carbocycles. The Hall–Kier alpha value is -1.89. The molecule has 184 valence electrons. The van der Waals surface area contributed by atoms with Crippen molar-refractivity contribution < 1.29 is 14.3 Å². The third-order valence-electron chi connectivity index (χ3n) is 6.05. The standard InChI is InChI=1S/C26H32Cl2N2O3S/c1-3-24(26(32)29-20-8-4-5-9-20)30(15-18-7-6-10-21(13-18)33-2)25(31)17-34-16-19-11-12-22(27)23(28)14-19/h6-7,10-14,20,24H,3-5,8-9,15-17H2,1-2H3,(H,29,32). The molecule has 0 bridgehead atoms. The molecule has 0 aromatic heterocycles. The summed E-state index contributed by atoms with van der Waals surface area (Å²) in [6.45, 7) is 2.30. The lowest BCUT2D eigenvalue weighted by Gasteiger charge is -2.31. The summed E-state index contributed by atoms with van der Waals surface area (Å²) in [5.41, 5.74) is 1.92. The molecule has 3 rings (SSSR count). The minimum atomic E-state index is -0.523. The van der Waals surface area contributed by atoms with Crippen molar-refractivity contribution in [3.8, 4) is 5.75 Å². The van der Waals surface area contributed by atoms with Crippen molar-refractivity contribution in [1.29, 1.82) is 0 Å². The average Bonchev–Trinajstić information content (AvgIpc) is 3.34. The fourth-order valence-electron chi connectivity index (χ4n) is 4.22. The van der Waals surface area contributed by atoms with Crippen molar-refractivity contribution in [3.05, 3.63) is 63.6 Å². The molecule has 1 aliphatic carbocycles. The van der Waals surface area contributed by atoms with Crippen LogP contribution in [0.3, 0.4) is 0 Å². The Kier molecular flexibility index (Phi) is 10.4. The van der Waals surface area contributed by atoms with E-state index in [1.165, 1.54) is 11.8 Å². The minimum Gasteiger partial charge on any atom is -0.497 e. The van der Waals surface area contributed by atoms with Gasteiger partial charge >= 0.3 is 0 Å². The van der Waals surface area contributed by atoms with Crippen LogP contribution in [0.1, 0.15) is 50.2 Å². The summed E-state index contributed by atoms with van der Waals surface area (Å²) in [5.74, 6) is 1.47. The van der Waals surface area contributed by atoms with Gasteiger partial charge in [-0.1, -0.05) is 61.2 Å². The summed E-state index contributed by atoms with van der Waals surface area (Å²) >= 11 is 13.6. The maximum absolute atomic E-state index is 13.4. The van der Waals surface area contributed by atoms with E-state index in [-0.39, 0.29) is 23.6 Å². The number of carbonyl (C=O) groups is 2. The molecule has 1 N–H and O–H groups in total. The highest BCUT2D eigenvalue weighted by Gasteiger charge is 2.30. The maximum atomic E-state index is 13.4. The Morgan fingerprint density at radius 2 is 1.88 bits per heavy atom. The van der Waals surface area contributed by atoms with Crippen LogP contribution in [-0.4, -0.2) is 41.7 Å². The summed E-state index contributed by atoms with van der Waals surface area (Å²) in [6.07, 6.45) is 4.84. The lowest BCUT2D eigenvalue weighted by Crippen LogP contribution is -2.51. The molecule has 1 saturated carbocycles. The number of amides is 2. The molecular formula is C26H32Cl2N2O3S. The van der Waals surface area contributed by atoms with Gasteiger partial charge in [0.1, 0.15) is 11.8 Å². The SMILES string of the molecule is CCC(C(=O)NC1CCCC1)N(Cc1cccc(OC)c1)C(=O)CSCc1ccc(Cl)c(Cl)c1.